The van der Waals surface area contributed by atoms with E-state index in [0.29, 0.717) is 12.0 Å². The number of nitro groups is 1. The smallest absolute Gasteiger partial charge is 0.293 e. The minimum absolute atomic E-state index is 0.149. The Morgan fingerprint density at radius 3 is 2.45 bits per heavy atom. The third-order valence-corrected chi connectivity index (χ3v) is 3.57. The molecule has 0 aliphatic heterocycles. The van der Waals surface area contributed by atoms with Gasteiger partial charge in [-0.2, -0.15) is 0 Å². The molecule has 0 amide bonds. The zero-order valence-electron chi connectivity index (χ0n) is 11.9. The highest BCUT2D eigenvalue weighted by molar-refractivity contribution is 6.31. The van der Waals surface area contributed by atoms with Crippen molar-refractivity contribution in [3.8, 4) is 0 Å². The van der Waals surface area contributed by atoms with Crippen molar-refractivity contribution in [2.24, 2.45) is 0 Å². The van der Waals surface area contributed by atoms with Crippen LogP contribution in [-0.2, 0) is 6.42 Å². The van der Waals surface area contributed by atoms with Gasteiger partial charge in [-0.3, -0.25) is 10.1 Å². The first-order chi connectivity index (χ1) is 10.3. The van der Waals surface area contributed by atoms with Gasteiger partial charge in [0.05, 0.1) is 22.7 Å². The molecule has 0 aliphatic carbocycles. The third-order valence-electron chi connectivity index (χ3n) is 3.22. The Kier molecular flexibility index (Phi) is 6.98. The minimum Gasteiger partial charge on any atom is -0.394 e. The van der Waals surface area contributed by atoms with Gasteiger partial charge >= 0.3 is 0 Å². The predicted octanol–water partition coefficient (Wildman–Crippen LogP) is 0.298. The van der Waals surface area contributed by atoms with Crippen molar-refractivity contribution in [1.82, 2.24) is 0 Å². The summed E-state index contributed by atoms with van der Waals surface area (Å²) in [6.45, 7) is 0.885. The van der Waals surface area contributed by atoms with E-state index in [1.807, 2.05) is 6.92 Å². The lowest BCUT2D eigenvalue weighted by Crippen LogP contribution is -2.42. The monoisotopic (exact) mass is 334 g/mol. The predicted molar refractivity (Wildman–Crippen MR) is 81.1 cm³/mol. The zero-order chi connectivity index (χ0) is 16.9. The lowest BCUT2D eigenvalue weighted by molar-refractivity contribution is -0.384. The van der Waals surface area contributed by atoms with Crippen LogP contribution >= 0.6 is 11.6 Å². The van der Waals surface area contributed by atoms with Gasteiger partial charge in [-0.15, -0.1) is 0 Å². The Bertz CT molecular complexity index is 527. The third kappa shape index (κ3) is 4.52. The van der Waals surface area contributed by atoms with Gasteiger partial charge in [0, 0.05) is 12.6 Å². The van der Waals surface area contributed by atoms with Crippen LogP contribution < -0.4 is 5.32 Å². The van der Waals surface area contributed by atoms with E-state index in [1.165, 1.54) is 12.1 Å². The molecular formula is C13H19ClN2O6. The standard InChI is InChI=1S/C13H19ClN2O6/c1-2-7-3-9(10(16(21)22)4-8(7)14)15-5-11(18)13(20)12(19)6-17/h3-4,11-13,15,17-20H,2,5-6H2,1H3/t11-,12-,13+/m0/s1. The number of nitrogens with zero attached hydrogens (tertiary/aromatic N) is 1. The second-order valence-corrected chi connectivity index (χ2v) is 5.17. The van der Waals surface area contributed by atoms with E-state index in [9.17, 15) is 25.4 Å². The second-order valence-electron chi connectivity index (χ2n) is 4.76. The molecule has 0 heterocycles. The van der Waals surface area contributed by atoms with Crippen LogP contribution in [-0.4, -0.2) is 56.8 Å². The average Bonchev–Trinajstić information content (AvgIpc) is 2.51. The summed E-state index contributed by atoms with van der Waals surface area (Å²) in [5, 5.41) is 51.2. The number of aliphatic hydroxyl groups is 4. The molecule has 0 bridgehead atoms. The summed E-state index contributed by atoms with van der Waals surface area (Å²) in [7, 11) is 0. The summed E-state index contributed by atoms with van der Waals surface area (Å²) in [4.78, 5) is 10.4. The maximum atomic E-state index is 11.0. The van der Waals surface area contributed by atoms with E-state index >= 15 is 0 Å². The molecule has 0 unspecified atom stereocenters. The molecule has 8 nitrogen and oxygen atoms in total. The fourth-order valence-corrected chi connectivity index (χ4v) is 2.16. The summed E-state index contributed by atoms with van der Waals surface area (Å²) in [6, 6.07) is 2.72. The van der Waals surface area contributed by atoms with Gasteiger partial charge in [0.1, 0.15) is 17.9 Å². The molecule has 0 fully saturated rings. The van der Waals surface area contributed by atoms with E-state index in [1.54, 1.807) is 0 Å². The van der Waals surface area contributed by atoms with E-state index < -0.39 is 29.8 Å². The minimum atomic E-state index is -1.57. The Hall–Kier alpha value is -1.45. The molecule has 0 radical (unpaired) electrons. The number of nitrogens with one attached hydrogen (secondary N) is 1. The molecule has 9 heteroatoms. The van der Waals surface area contributed by atoms with E-state index in [4.69, 9.17) is 16.7 Å². The SMILES string of the molecule is CCc1cc(NC[C@H](O)[C@@H](O)[C@@H](O)CO)c([N+](=O)[O-])cc1Cl. The lowest BCUT2D eigenvalue weighted by Gasteiger charge is -2.22. The summed E-state index contributed by atoms with van der Waals surface area (Å²) in [6.07, 6.45) is -3.92. The maximum absolute atomic E-state index is 11.0. The Morgan fingerprint density at radius 2 is 1.95 bits per heavy atom. The van der Waals surface area contributed by atoms with Gasteiger partial charge in [-0.1, -0.05) is 18.5 Å². The zero-order valence-corrected chi connectivity index (χ0v) is 12.7. The van der Waals surface area contributed by atoms with Crippen molar-refractivity contribution in [2.45, 2.75) is 31.7 Å². The van der Waals surface area contributed by atoms with Gasteiger partial charge < -0.3 is 25.7 Å². The number of aliphatic hydroxyl groups excluding tert-OH is 4. The number of halogens is 1. The molecule has 5 N–H and O–H groups in total. The molecule has 0 saturated heterocycles. The Morgan fingerprint density at radius 1 is 1.32 bits per heavy atom. The van der Waals surface area contributed by atoms with Crippen LogP contribution in [0, 0.1) is 10.1 Å². The molecule has 0 spiro atoms. The fourth-order valence-electron chi connectivity index (χ4n) is 1.87. The van der Waals surface area contributed by atoms with Crippen LogP contribution in [0.5, 0.6) is 0 Å². The van der Waals surface area contributed by atoms with Crippen molar-refractivity contribution in [1.29, 1.82) is 0 Å². The van der Waals surface area contributed by atoms with Crippen LogP contribution in [0.1, 0.15) is 12.5 Å². The maximum Gasteiger partial charge on any atom is 0.293 e. The largest absolute Gasteiger partial charge is 0.394 e. The normalized spacial score (nSPS) is 15.2. The van der Waals surface area contributed by atoms with Gasteiger partial charge in [0.25, 0.3) is 5.69 Å². The van der Waals surface area contributed by atoms with Crippen LogP contribution in [0.2, 0.25) is 5.02 Å². The molecule has 22 heavy (non-hydrogen) atoms. The van der Waals surface area contributed by atoms with Gasteiger partial charge in [0.2, 0.25) is 0 Å². The molecule has 1 rings (SSSR count). The number of benzene rings is 1. The fraction of sp³-hybridized carbons (Fsp3) is 0.538. The van der Waals surface area contributed by atoms with E-state index in [-0.39, 0.29) is 22.9 Å². The molecule has 124 valence electrons. The molecular weight excluding hydrogens is 316 g/mol. The molecule has 0 aliphatic rings. The molecule has 0 aromatic heterocycles. The topological polar surface area (TPSA) is 136 Å². The second kappa shape index (κ2) is 8.25. The number of hydrogen-bond acceptors (Lipinski definition) is 7. The summed E-state index contributed by atoms with van der Waals surface area (Å²) < 4.78 is 0. The number of nitro benzene ring substituents is 1. The first-order valence-electron chi connectivity index (χ1n) is 6.67. The summed E-state index contributed by atoms with van der Waals surface area (Å²) >= 11 is 5.94. The number of hydrogen-bond donors (Lipinski definition) is 5. The highest BCUT2D eigenvalue weighted by Crippen LogP contribution is 2.31. The molecule has 3 atom stereocenters. The van der Waals surface area contributed by atoms with E-state index in [0.717, 1.165) is 0 Å². The molecule has 1 aromatic carbocycles. The van der Waals surface area contributed by atoms with Gasteiger partial charge in [0.15, 0.2) is 0 Å². The summed E-state index contributed by atoms with van der Waals surface area (Å²) in [5.74, 6) is 0. The van der Waals surface area contributed by atoms with Crippen LogP contribution in [0.3, 0.4) is 0 Å². The van der Waals surface area contributed by atoms with Gasteiger partial charge in [-0.05, 0) is 18.1 Å². The highest BCUT2D eigenvalue weighted by atomic mass is 35.5. The Labute approximate surface area is 132 Å². The van der Waals surface area contributed by atoms with Crippen LogP contribution in [0.4, 0.5) is 11.4 Å². The van der Waals surface area contributed by atoms with Crippen molar-refractivity contribution < 1.29 is 25.3 Å². The lowest BCUT2D eigenvalue weighted by atomic mass is 10.1. The molecule has 0 saturated carbocycles. The van der Waals surface area contributed by atoms with Crippen LogP contribution in [0.25, 0.3) is 0 Å². The van der Waals surface area contributed by atoms with Crippen molar-refractivity contribution in [3.05, 3.63) is 32.8 Å². The first kappa shape index (κ1) is 18.6. The van der Waals surface area contributed by atoms with Crippen molar-refractivity contribution >= 4 is 23.0 Å². The number of rotatable bonds is 8. The quantitative estimate of drug-likeness (QED) is 0.340. The average molecular weight is 335 g/mol. The van der Waals surface area contributed by atoms with Crippen molar-refractivity contribution in [2.75, 3.05) is 18.5 Å². The number of anilines is 1. The highest BCUT2D eigenvalue weighted by Gasteiger charge is 2.25. The Balaban J connectivity index is 2.90. The summed E-state index contributed by atoms with van der Waals surface area (Å²) in [5.41, 5.74) is 0.586. The van der Waals surface area contributed by atoms with E-state index in [2.05, 4.69) is 5.32 Å². The van der Waals surface area contributed by atoms with Crippen molar-refractivity contribution in [3.63, 3.8) is 0 Å². The molecule has 1 aromatic rings. The first-order valence-corrected chi connectivity index (χ1v) is 7.05. The van der Waals surface area contributed by atoms with Gasteiger partial charge in [-0.25, -0.2) is 0 Å². The number of aryl methyl sites for hydroxylation is 1. The van der Waals surface area contributed by atoms with Crippen LogP contribution in [0.15, 0.2) is 12.1 Å².